The van der Waals surface area contributed by atoms with Crippen molar-refractivity contribution in [1.29, 1.82) is 0 Å². The summed E-state index contributed by atoms with van der Waals surface area (Å²) in [4.78, 5) is 12.8. The molecular formula is C20H21NO9S. The highest BCUT2D eigenvalue weighted by atomic mass is 32.2. The number of methoxy groups -OCH3 is 5. The fraction of sp³-hybridized carbons (Fsp3) is 0.250. The molecule has 0 radical (unpaired) electrons. The molecule has 0 amide bonds. The van der Waals surface area contributed by atoms with Crippen molar-refractivity contribution in [3.05, 3.63) is 34.5 Å². The zero-order valence-electron chi connectivity index (χ0n) is 17.5. The molecule has 0 fully saturated rings. The van der Waals surface area contributed by atoms with Crippen LogP contribution in [0.3, 0.4) is 0 Å². The molecule has 11 heteroatoms. The van der Waals surface area contributed by atoms with Gasteiger partial charge in [-0.3, -0.25) is 4.79 Å². The van der Waals surface area contributed by atoms with Crippen LogP contribution in [-0.4, -0.2) is 44.0 Å². The lowest BCUT2D eigenvalue weighted by Gasteiger charge is -2.18. The summed E-state index contributed by atoms with van der Waals surface area (Å²) in [5, 5.41) is 5.36. The van der Waals surface area contributed by atoms with Gasteiger partial charge in [0.15, 0.2) is 16.8 Å². The minimum absolute atomic E-state index is 0.0347. The van der Waals surface area contributed by atoms with Crippen LogP contribution in [0, 0.1) is 0 Å². The Labute approximate surface area is 178 Å². The molecule has 0 atom stereocenters. The smallest absolute Gasteiger partial charge is 0.241 e. The Morgan fingerprint density at radius 1 is 0.806 bits per heavy atom. The van der Waals surface area contributed by atoms with Crippen LogP contribution < -0.4 is 34.3 Å². The van der Waals surface area contributed by atoms with E-state index in [-0.39, 0.29) is 55.9 Å². The molecule has 0 saturated carbocycles. The van der Waals surface area contributed by atoms with E-state index in [2.05, 4.69) is 0 Å². The van der Waals surface area contributed by atoms with Crippen molar-refractivity contribution < 1.29 is 36.5 Å². The Hall–Kier alpha value is -3.44. The monoisotopic (exact) mass is 451 g/mol. The third-order valence-electron chi connectivity index (χ3n) is 4.57. The normalized spacial score (nSPS) is 11.3. The van der Waals surface area contributed by atoms with E-state index in [1.165, 1.54) is 59.8 Å². The van der Waals surface area contributed by atoms with Gasteiger partial charge >= 0.3 is 0 Å². The molecule has 2 aromatic carbocycles. The quantitative estimate of drug-likeness (QED) is 0.573. The van der Waals surface area contributed by atoms with Crippen molar-refractivity contribution in [2.24, 2.45) is 5.14 Å². The number of primary sulfonamides is 1. The second-order valence-corrected chi connectivity index (χ2v) is 7.75. The van der Waals surface area contributed by atoms with Crippen molar-refractivity contribution in [2.45, 2.75) is 4.90 Å². The topological polar surface area (TPSA) is 137 Å². The van der Waals surface area contributed by atoms with Crippen LogP contribution in [0.2, 0.25) is 0 Å². The summed E-state index contributed by atoms with van der Waals surface area (Å²) in [7, 11) is 2.76. The SMILES string of the molecule is COc1ccc(-c2cc(=O)c3c(OC)c(OC)c(OC)c(OC)c3o2)cc1S(N)(=O)=O. The summed E-state index contributed by atoms with van der Waals surface area (Å²) in [6.07, 6.45) is 0. The molecule has 0 aliphatic rings. The summed E-state index contributed by atoms with van der Waals surface area (Å²) in [5.74, 6) is 0.660. The van der Waals surface area contributed by atoms with Gasteiger partial charge in [-0.2, -0.15) is 0 Å². The minimum atomic E-state index is -4.10. The van der Waals surface area contributed by atoms with E-state index in [1.54, 1.807) is 0 Å². The highest BCUT2D eigenvalue weighted by molar-refractivity contribution is 7.89. The van der Waals surface area contributed by atoms with Crippen molar-refractivity contribution in [1.82, 2.24) is 0 Å². The largest absolute Gasteiger partial charge is 0.495 e. The van der Waals surface area contributed by atoms with E-state index >= 15 is 0 Å². The van der Waals surface area contributed by atoms with E-state index in [9.17, 15) is 13.2 Å². The summed E-state index contributed by atoms with van der Waals surface area (Å²) in [5.41, 5.74) is -0.160. The van der Waals surface area contributed by atoms with E-state index in [4.69, 9.17) is 33.2 Å². The molecule has 2 N–H and O–H groups in total. The highest BCUT2D eigenvalue weighted by Gasteiger charge is 2.27. The van der Waals surface area contributed by atoms with E-state index in [0.717, 1.165) is 0 Å². The van der Waals surface area contributed by atoms with Crippen LogP contribution in [0.1, 0.15) is 0 Å². The zero-order chi connectivity index (χ0) is 22.9. The average Bonchev–Trinajstić information content (AvgIpc) is 2.75. The standard InChI is InChI=1S/C20H21NO9S/c1-25-12-7-6-10(8-14(12)31(21,23)24)13-9-11(22)15-16(26-2)18(27-3)20(29-5)19(28-4)17(15)30-13/h6-9H,1-5H3,(H2,21,23,24). The third-order valence-corrected chi connectivity index (χ3v) is 5.50. The van der Waals surface area contributed by atoms with Gasteiger partial charge in [-0.05, 0) is 18.2 Å². The maximum Gasteiger partial charge on any atom is 0.241 e. The summed E-state index contributed by atoms with van der Waals surface area (Å²) >= 11 is 0. The lowest BCUT2D eigenvalue weighted by Crippen LogP contribution is -2.13. The Balaban J connectivity index is 2.42. The lowest BCUT2D eigenvalue weighted by atomic mass is 10.1. The van der Waals surface area contributed by atoms with Gasteiger partial charge in [-0.1, -0.05) is 0 Å². The fourth-order valence-electron chi connectivity index (χ4n) is 3.24. The molecule has 31 heavy (non-hydrogen) atoms. The number of rotatable bonds is 7. The van der Waals surface area contributed by atoms with Crippen LogP contribution in [0.15, 0.2) is 38.4 Å². The second kappa shape index (κ2) is 8.36. The second-order valence-electron chi connectivity index (χ2n) is 6.22. The Bertz CT molecular complexity index is 1310. The number of fused-ring (bicyclic) bond motifs is 1. The maximum atomic E-state index is 13.0. The van der Waals surface area contributed by atoms with Gasteiger partial charge in [-0.25, -0.2) is 13.6 Å². The molecule has 0 saturated heterocycles. The van der Waals surface area contributed by atoms with Gasteiger partial charge in [-0.15, -0.1) is 0 Å². The predicted octanol–water partition coefficient (Wildman–Crippen LogP) is 2.15. The molecule has 1 aromatic heterocycles. The predicted molar refractivity (Wildman–Crippen MR) is 112 cm³/mol. The van der Waals surface area contributed by atoms with Gasteiger partial charge in [0.1, 0.15) is 21.8 Å². The molecule has 0 unspecified atom stereocenters. The first-order valence-corrected chi connectivity index (χ1v) is 10.3. The zero-order valence-corrected chi connectivity index (χ0v) is 18.3. The highest BCUT2D eigenvalue weighted by Crippen LogP contribution is 2.50. The first-order valence-electron chi connectivity index (χ1n) is 8.76. The maximum absolute atomic E-state index is 13.0. The van der Waals surface area contributed by atoms with E-state index in [1.807, 2.05) is 0 Å². The van der Waals surface area contributed by atoms with Crippen LogP contribution in [0.25, 0.3) is 22.3 Å². The van der Waals surface area contributed by atoms with Crippen molar-refractivity contribution >= 4 is 21.0 Å². The van der Waals surface area contributed by atoms with E-state index in [0.29, 0.717) is 0 Å². The number of nitrogens with two attached hydrogens (primary N) is 1. The molecule has 166 valence electrons. The van der Waals surface area contributed by atoms with Gasteiger partial charge in [0.05, 0.1) is 35.5 Å². The Morgan fingerprint density at radius 2 is 1.39 bits per heavy atom. The number of hydrogen-bond acceptors (Lipinski definition) is 9. The number of ether oxygens (including phenoxy) is 5. The molecular weight excluding hydrogens is 430 g/mol. The fourth-order valence-corrected chi connectivity index (χ4v) is 3.96. The van der Waals surface area contributed by atoms with Gasteiger partial charge in [0.25, 0.3) is 0 Å². The van der Waals surface area contributed by atoms with E-state index < -0.39 is 15.5 Å². The first-order chi connectivity index (χ1) is 14.7. The molecule has 0 aliphatic carbocycles. The van der Waals surface area contributed by atoms with Crippen LogP contribution >= 0.6 is 0 Å². The molecule has 0 aliphatic heterocycles. The van der Waals surface area contributed by atoms with Gasteiger partial charge < -0.3 is 28.1 Å². The van der Waals surface area contributed by atoms with Crippen LogP contribution in [-0.2, 0) is 10.0 Å². The molecule has 10 nitrogen and oxygen atoms in total. The molecule has 0 spiro atoms. The molecule has 0 bridgehead atoms. The number of hydrogen-bond donors (Lipinski definition) is 1. The third kappa shape index (κ3) is 3.73. The lowest BCUT2D eigenvalue weighted by molar-refractivity contribution is 0.307. The van der Waals surface area contributed by atoms with Crippen molar-refractivity contribution in [3.8, 4) is 40.1 Å². The average molecular weight is 451 g/mol. The van der Waals surface area contributed by atoms with Crippen LogP contribution in [0.4, 0.5) is 0 Å². The summed E-state index contributed by atoms with van der Waals surface area (Å²) in [6.45, 7) is 0. The van der Waals surface area contributed by atoms with Crippen LogP contribution in [0.5, 0.6) is 28.7 Å². The van der Waals surface area contributed by atoms with Crippen molar-refractivity contribution in [2.75, 3.05) is 35.5 Å². The molecule has 3 rings (SSSR count). The summed E-state index contributed by atoms with van der Waals surface area (Å²) in [6, 6.07) is 5.39. The van der Waals surface area contributed by atoms with Crippen molar-refractivity contribution in [3.63, 3.8) is 0 Å². The number of benzene rings is 2. The first kappa shape index (κ1) is 22.2. The molecule has 3 aromatic rings. The van der Waals surface area contributed by atoms with Gasteiger partial charge in [0.2, 0.25) is 27.3 Å². The Morgan fingerprint density at radius 3 is 1.90 bits per heavy atom. The summed E-state index contributed by atoms with van der Waals surface area (Å²) < 4.78 is 56.5. The Kier molecular flexibility index (Phi) is 6.00. The van der Waals surface area contributed by atoms with Gasteiger partial charge in [0, 0.05) is 11.6 Å². The number of sulfonamides is 1. The molecule has 1 heterocycles. The minimum Gasteiger partial charge on any atom is -0.495 e.